The predicted octanol–water partition coefficient (Wildman–Crippen LogP) is 5.07. The fourth-order valence-corrected chi connectivity index (χ4v) is 3.08. The van der Waals surface area contributed by atoms with E-state index in [9.17, 15) is 14.9 Å². The number of hydrogen-bond acceptors (Lipinski definition) is 3. The van der Waals surface area contributed by atoms with E-state index in [4.69, 9.17) is 0 Å². The third kappa shape index (κ3) is 3.91. The third-order valence-corrected chi connectivity index (χ3v) is 4.56. The summed E-state index contributed by atoms with van der Waals surface area (Å²) in [6.07, 6.45) is 8.90. The molecule has 0 saturated heterocycles. The zero-order valence-electron chi connectivity index (χ0n) is 15.4. The quantitative estimate of drug-likeness (QED) is 0.202. The van der Waals surface area contributed by atoms with Crippen molar-refractivity contribution in [2.75, 3.05) is 0 Å². The molecule has 0 aliphatic carbocycles. The average Bonchev–Trinajstić information content (AvgIpc) is 3.44. The molecule has 0 atom stereocenters. The Morgan fingerprint density at radius 1 is 0.862 bits per heavy atom. The first-order valence-electron chi connectivity index (χ1n) is 9.00. The van der Waals surface area contributed by atoms with Crippen LogP contribution in [0.2, 0.25) is 0 Å². The number of allylic oxidation sites excluding steroid dienone is 1. The first kappa shape index (κ1) is 18.2. The van der Waals surface area contributed by atoms with E-state index in [1.54, 1.807) is 41.1 Å². The summed E-state index contributed by atoms with van der Waals surface area (Å²) in [5.41, 5.74) is 3.00. The molecule has 142 valence electrons. The third-order valence-electron chi connectivity index (χ3n) is 4.56. The van der Waals surface area contributed by atoms with Crippen molar-refractivity contribution in [1.29, 1.82) is 0 Å². The van der Waals surface area contributed by atoms with E-state index in [1.165, 1.54) is 18.2 Å². The van der Waals surface area contributed by atoms with Crippen molar-refractivity contribution in [2.45, 2.75) is 0 Å². The Balaban J connectivity index is 1.54. The molecule has 0 fully saturated rings. The van der Waals surface area contributed by atoms with Gasteiger partial charge in [0, 0.05) is 47.7 Å². The molecule has 0 saturated carbocycles. The summed E-state index contributed by atoms with van der Waals surface area (Å²) in [4.78, 5) is 23.1. The number of benzene rings is 2. The van der Waals surface area contributed by atoms with Crippen molar-refractivity contribution in [3.63, 3.8) is 0 Å². The Morgan fingerprint density at radius 3 is 2.34 bits per heavy atom. The highest BCUT2D eigenvalue weighted by molar-refractivity contribution is 6.06. The molecule has 6 heteroatoms. The van der Waals surface area contributed by atoms with Gasteiger partial charge in [-0.25, -0.2) is 0 Å². The second-order valence-corrected chi connectivity index (χ2v) is 6.41. The van der Waals surface area contributed by atoms with Gasteiger partial charge in [0.05, 0.1) is 10.6 Å². The predicted molar refractivity (Wildman–Crippen MR) is 112 cm³/mol. The fourth-order valence-electron chi connectivity index (χ4n) is 3.08. The number of nitro groups is 1. The van der Waals surface area contributed by atoms with E-state index in [0.29, 0.717) is 11.3 Å². The highest BCUT2D eigenvalue weighted by atomic mass is 16.6. The minimum Gasteiger partial charge on any atom is -0.324 e. The van der Waals surface area contributed by atoms with Gasteiger partial charge in [-0.3, -0.25) is 14.9 Å². The monoisotopic (exact) mass is 383 g/mol. The van der Waals surface area contributed by atoms with Crippen molar-refractivity contribution >= 4 is 17.5 Å². The molecule has 0 aliphatic rings. The normalized spacial score (nSPS) is 11.0. The van der Waals surface area contributed by atoms with Crippen LogP contribution >= 0.6 is 0 Å². The van der Waals surface area contributed by atoms with Crippen molar-refractivity contribution in [1.82, 2.24) is 9.13 Å². The summed E-state index contributed by atoms with van der Waals surface area (Å²) in [6.45, 7) is 0. The Hall–Kier alpha value is -4.19. The highest BCUT2D eigenvalue weighted by Gasteiger charge is 2.09. The Morgan fingerprint density at radius 2 is 1.62 bits per heavy atom. The smallest absolute Gasteiger partial charge is 0.271 e. The molecule has 0 spiro atoms. The lowest BCUT2D eigenvalue weighted by Gasteiger charge is -2.06. The summed E-state index contributed by atoms with van der Waals surface area (Å²) >= 11 is 0. The number of nitro benzene ring substituents is 1. The molecule has 0 bridgehead atoms. The van der Waals surface area contributed by atoms with E-state index < -0.39 is 4.92 Å². The van der Waals surface area contributed by atoms with Crippen LogP contribution in [-0.2, 0) is 0 Å². The lowest BCUT2D eigenvalue weighted by molar-refractivity contribution is -0.384. The average molecular weight is 383 g/mol. The van der Waals surface area contributed by atoms with Gasteiger partial charge in [-0.2, -0.15) is 0 Å². The van der Waals surface area contributed by atoms with Crippen molar-refractivity contribution in [2.24, 2.45) is 0 Å². The van der Waals surface area contributed by atoms with E-state index >= 15 is 0 Å². The maximum absolute atomic E-state index is 12.5. The van der Waals surface area contributed by atoms with E-state index in [1.807, 2.05) is 53.4 Å². The van der Waals surface area contributed by atoms with Gasteiger partial charge in [0.15, 0.2) is 5.78 Å². The van der Waals surface area contributed by atoms with Gasteiger partial charge in [-0.1, -0.05) is 6.07 Å². The van der Waals surface area contributed by atoms with Crippen LogP contribution in [0.15, 0.2) is 97.5 Å². The van der Waals surface area contributed by atoms with Gasteiger partial charge >= 0.3 is 0 Å². The molecular formula is C23H17N3O3. The zero-order valence-corrected chi connectivity index (χ0v) is 15.4. The molecule has 6 nitrogen and oxygen atoms in total. The van der Waals surface area contributed by atoms with Gasteiger partial charge in [0.25, 0.3) is 5.69 Å². The highest BCUT2D eigenvalue weighted by Crippen LogP contribution is 2.20. The minimum absolute atomic E-state index is 0.0185. The Labute approximate surface area is 167 Å². The lowest BCUT2D eigenvalue weighted by atomic mass is 10.1. The largest absolute Gasteiger partial charge is 0.324 e. The molecule has 0 unspecified atom stereocenters. The summed E-state index contributed by atoms with van der Waals surface area (Å²) in [5.74, 6) is -0.115. The topological polar surface area (TPSA) is 70.1 Å². The van der Waals surface area contributed by atoms with Crippen LogP contribution in [0.3, 0.4) is 0 Å². The zero-order chi connectivity index (χ0) is 20.2. The van der Waals surface area contributed by atoms with E-state index in [2.05, 4.69) is 0 Å². The lowest BCUT2D eigenvalue weighted by Crippen LogP contribution is -1.98. The van der Waals surface area contributed by atoms with E-state index in [-0.39, 0.29) is 11.5 Å². The molecule has 0 N–H and O–H groups in total. The number of hydrogen-bond donors (Lipinski definition) is 0. The first-order valence-corrected chi connectivity index (χ1v) is 9.00. The first-order chi connectivity index (χ1) is 14.1. The maximum atomic E-state index is 12.5. The molecule has 2 heterocycles. The molecule has 4 aromatic rings. The van der Waals surface area contributed by atoms with Gasteiger partial charge in [0.1, 0.15) is 0 Å². The van der Waals surface area contributed by atoms with Gasteiger partial charge in [-0.15, -0.1) is 0 Å². The van der Waals surface area contributed by atoms with Crippen LogP contribution in [0.5, 0.6) is 0 Å². The summed E-state index contributed by atoms with van der Waals surface area (Å²) in [7, 11) is 0. The number of non-ortho nitro benzene ring substituents is 1. The van der Waals surface area contributed by atoms with Gasteiger partial charge < -0.3 is 9.13 Å². The van der Waals surface area contributed by atoms with Crippen LogP contribution < -0.4 is 0 Å². The van der Waals surface area contributed by atoms with Crippen molar-refractivity contribution in [3.8, 4) is 11.4 Å². The van der Waals surface area contributed by atoms with Crippen LogP contribution in [0.1, 0.15) is 16.1 Å². The number of nitrogens with zero attached hydrogens (tertiary/aromatic N) is 3. The van der Waals surface area contributed by atoms with E-state index in [0.717, 1.165) is 11.4 Å². The number of ketones is 1. The number of carbonyl (C=O) groups is 1. The van der Waals surface area contributed by atoms with Gasteiger partial charge in [-0.05, 0) is 66.7 Å². The molecule has 4 rings (SSSR count). The summed E-state index contributed by atoms with van der Waals surface area (Å²) in [6, 6.07) is 21.3. The molecule has 29 heavy (non-hydrogen) atoms. The van der Waals surface area contributed by atoms with Crippen molar-refractivity contribution in [3.05, 3.63) is 119 Å². The minimum atomic E-state index is -0.427. The number of rotatable bonds is 6. The summed E-state index contributed by atoms with van der Waals surface area (Å²) < 4.78 is 3.77. The molecule has 2 aromatic carbocycles. The number of aromatic nitrogens is 2. The Kier molecular flexibility index (Phi) is 4.90. The second-order valence-electron chi connectivity index (χ2n) is 6.41. The van der Waals surface area contributed by atoms with Crippen LogP contribution in [0, 0.1) is 10.1 Å². The maximum Gasteiger partial charge on any atom is 0.271 e. The molecule has 0 amide bonds. The molecular weight excluding hydrogens is 366 g/mol. The fraction of sp³-hybridized carbons (Fsp3) is 0. The van der Waals surface area contributed by atoms with Crippen LogP contribution in [0.25, 0.3) is 17.5 Å². The Bertz CT molecular complexity index is 1190. The molecule has 0 aliphatic heterocycles. The van der Waals surface area contributed by atoms with Crippen LogP contribution in [-0.4, -0.2) is 19.8 Å². The van der Waals surface area contributed by atoms with Gasteiger partial charge in [0.2, 0.25) is 0 Å². The molecule has 2 aromatic heterocycles. The number of carbonyl (C=O) groups excluding carboxylic acids is 1. The summed E-state index contributed by atoms with van der Waals surface area (Å²) in [5, 5.41) is 11.0. The van der Waals surface area contributed by atoms with Crippen molar-refractivity contribution < 1.29 is 9.72 Å². The molecule has 0 radical (unpaired) electrons. The van der Waals surface area contributed by atoms with Crippen LogP contribution in [0.4, 0.5) is 5.69 Å². The SMILES string of the molecule is O=C(/C=C/c1cccn1-c1cccc([N+](=O)[O-])c1)c1ccc(-n2cccc2)cc1. The second kappa shape index (κ2) is 7.82. The standard InChI is InChI=1S/C23H17N3O3/c27-23(18-8-10-19(11-9-18)24-14-1-2-15-24)13-12-20-7-4-16-25(20)21-5-3-6-22(17-21)26(28)29/h1-17H/b13-12+.